The molecule has 2 heteroatoms. The summed E-state index contributed by atoms with van der Waals surface area (Å²) in [5.41, 5.74) is 1.23. The maximum absolute atomic E-state index is 10.8. The van der Waals surface area contributed by atoms with Gasteiger partial charge in [-0.25, -0.2) is 0 Å². The van der Waals surface area contributed by atoms with Gasteiger partial charge in [0, 0.05) is 5.30 Å². The average Bonchev–Trinajstić information content (AvgIpc) is 2.03. The first-order chi connectivity index (χ1) is 5.55. The van der Waals surface area contributed by atoms with E-state index in [1.54, 1.807) is 0 Å². The van der Waals surface area contributed by atoms with Crippen LogP contribution in [0.25, 0.3) is 0 Å². The lowest BCUT2D eigenvalue weighted by Crippen LogP contribution is -2.18. The molecule has 1 nitrogen and oxygen atoms in total. The van der Waals surface area contributed by atoms with E-state index in [0.29, 0.717) is 0 Å². The SMILES string of the molecule is CC(C)(C)c1ccccc1P=O. The van der Waals surface area contributed by atoms with Crippen LogP contribution in [0.4, 0.5) is 0 Å². The molecule has 0 aliphatic carbocycles. The quantitative estimate of drug-likeness (QED) is 0.607. The molecule has 0 aliphatic rings. The molecule has 0 amide bonds. The molecule has 12 heavy (non-hydrogen) atoms. The molecule has 0 heterocycles. The van der Waals surface area contributed by atoms with Crippen LogP contribution in [-0.2, 0) is 9.98 Å². The van der Waals surface area contributed by atoms with Gasteiger partial charge >= 0.3 is 0 Å². The van der Waals surface area contributed by atoms with Crippen molar-refractivity contribution in [3.63, 3.8) is 0 Å². The predicted molar refractivity (Wildman–Crippen MR) is 52.4 cm³/mol. The van der Waals surface area contributed by atoms with E-state index in [9.17, 15) is 4.57 Å². The number of benzene rings is 1. The Kier molecular flexibility index (Phi) is 2.64. The molecule has 0 aromatic heterocycles. The van der Waals surface area contributed by atoms with Crippen molar-refractivity contribution >= 4 is 13.8 Å². The van der Waals surface area contributed by atoms with Crippen molar-refractivity contribution in [3.05, 3.63) is 29.8 Å². The highest BCUT2D eigenvalue weighted by atomic mass is 31.1. The normalized spacial score (nSPS) is 11.9. The molecule has 1 aromatic carbocycles. The van der Waals surface area contributed by atoms with Gasteiger partial charge in [-0.1, -0.05) is 39.0 Å². The molecule has 0 saturated heterocycles. The van der Waals surface area contributed by atoms with Crippen molar-refractivity contribution in [2.75, 3.05) is 0 Å². The Morgan fingerprint density at radius 3 is 2.17 bits per heavy atom. The van der Waals surface area contributed by atoms with Gasteiger partial charge in [0.15, 0.2) is 8.46 Å². The van der Waals surface area contributed by atoms with E-state index in [1.165, 1.54) is 0 Å². The van der Waals surface area contributed by atoms with Gasteiger partial charge in [-0.3, -0.25) is 4.57 Å². The molecule has 0 unspecified atom stereocenters. The molecule has 0 N–H and O–H groups in total. The second-order valence-corrected chi connectivity index (χ2v) is 4.52. The molecule has 0 radical (unpaired) electrons. The largest absolute Gasteiger partial charge is 0.269 e. The topological polar surface area (TPSA) is 17.1 Å². The van der Waals surface area contributed by atoms with Crippen LogP contribution < -0.4 is 5.30 Å². The summed E-state index contributed by atoms with van der Waals surface area (Å²) in [5.74, 6) is 0. The van der Waals surface area contributed by atoms with E-state index in [-0.39, 0.29) is 13.9 Å². The molecule has 0 spiro atoms. The first kappa shape index (κ1) is 9.41. The van der Waals surface area contributed by atoms with Crippen molar-refractivity contribution in [2.24, 2.45) is 0 Å². The van der Waals surface area contributed by atoms with Gasteiger partial charge < -0.3 is 0 Å². The van der Waals surface area contributed by atoms with Crippen molar-refractivity contribution < 1.29 is 4.57 Å². The fourth-order valence-corrected chi connectivity index (χ4v) is 1.84. The second-order valence-electron chi connectivity index (χ2n) is 3.86. The van der Waals surface area contributed by atoms with E-state index >= 15 is 0 Å². The van der Waals surface area contributed by atoms with Gasteiger partial charge in [-0.2, -0.15) is 0 Å². The van der Waals surface area contributed by atoms with E-state index in [1.807, 2.05) is 24.3 Å². The minimum Gasteiger partial charge on any atom is -0.269 e. The summed E-state index contributed by atoms with van der Waals surface area (Å²) in [4.78, 5) is 0. The molecular weight excluding hydrogens is 167 g/mol. The molecule has 1 aromatic rings. The molecule has 0 aliphatic heterocycles. The highest BCUT2D eigenvalue weighted by Crippen LogP contribution is 2.22. The molecule has 0 atom stereocenters. The van der Waals surface area contributed by atoms with Gasteiger partial charge in [0.05, 0.1) is 0 Å². The minimum absolute atomic E-state index is 0.0774. The first-order valence-corrected chi connectivity index (χ1v) is 4.80. The highest BCUT2D eigenvalue weighted by Gasteiger charge is 2.16. The first-order valence-electron chi connectivity index (χ1n) is 3.98. The molecule has 64 valence electrons. The summed E-state index contributed by atoms with van der Waals surface area (Å²) in [6.07, 6.45) is 0. The van der Waals surface area contributed by atoms with Crippen molar-refractivity contribution in [1.82, 2.24) is 0 Å². The zero-order valence-corrected chi connectivity index (χ0v) is 8.56. The average molecular weight is 180 g/mol. The van der Waals surface area contributed by atoms with E-state index in [4.69, 9.17) is 0 Å². The Labute approximate surface area is 75.0 Å². The van der Waals surface area contributed by atoms with Crippen molar-refractivity contribution in [1.29, 1.82) is 0 Å². The minimum atomic E-state index is 0.0774. The maximum Gasteiger partial charge on any atom is 0.192 e. The van der Waals surface area contributed by atoms with Gasteiger partial charge in [-0.05, 0) is 17.0 Å². The standard InChI is InChI=1S/C10H13OP/c1-10(2,3)8-6-4-5-7-9(8)12-11/h4-7H,1-3H3. The summed E-state index contributed by atoms with van der Waals surface area (Å²) >= 11 is 0. The van der Waals surface area contributed by atoms with Gasteiger partial charge in [0.25, 0.3) is 0 Å². The maximum atomic E-state index is 10.8. The van der Waals surface area contributed by atoms with Crippen molar-refractivity contribution in [3.8, 4) is 0 Å². The highest BCUT2D eigenvalue weighted by molar-refractivity contribution is 7.34. The molecule has 0 bridgehead atoms. The van der Waals surface area contributed by atoms with Crippen LogP contribution in [0.1, 0.15) is 26.3 Å². The third-order valence-corrected chi connectivity index (χ3v) is 2.40. The third kappa shape index (κ3) is 1.92. The number of rotatable bonds is 1. The summed E-state index contributed by atoms with van der Waals surface area (Å²) in [6, 6.07) is 7.82. The van der Waals surface area contributed by atoms with Crippen LogP contribution in [-0.4, -0.2) is 0 Å². The monoisotopic (exact) mass is 180 g/mol. The second kappa shape index (κ2) is 3.37. The van der Waals surface area contributed by atoms with Gasteiger partial charge in [0.1, 0.15) is 0 Å². The van der Waals surface area contributed by atoms with E-state index in [0.717, 1.165) is 10.9 Å². The smallest absolute Gasteiger partial charge is 0.192 e. The van der Waals surface area contributed by atoms with Crippen LogP contribution >= 0.6 is 8.46 Å². The fraction of sp³-hybridized carbons (Fsp3) is 0.400. The Morgan fingerprint density at radius 1 is 1.17 bits per heavy atom. The van der Waals surface area contributed by atoms with Gasteiger partial charge in [0.2, 0.25) is 0 Å². The number of hydrogen-bond donors (Lipinski definition) is 0. The molecule has 0 saturated carbocycles. The van der Waals surface area contributed by atoms with Crippen LogP contribution in [0.15, 0.2) is 24.3 Å². The van der Waals surface area contributed by atoms with E-state index in [2.05, 4.69) is 20.8 Å². The van der Waals surface area contributed by atoms with Crippen molar-refractivity contribution in [2.45, 2.75) is 26.2 Å². The Hall–Kier alpha value is -0.680. The zero-order valence-electron chi connectivity index (χ0n) is 7.66. The summed E-state index contributed by atoms with van der Waals surface area (Å²) < 4.78 is 10.8. The van der Waals surface area contributed by atoms with Crippen LogP contribution in [0.2, 0.25) is 0 Å². The Bertz CT molecular complexity index is 286. The molecule has 0 fully saturated rings. The van der Waals surface area contributed by atoms with Crippen LogP contribution in [0, 0.1) is 0 Å². The van der Waals surface area contributed by atoms with Gasteiger partial charge in [-0.15, -0.1) is 0 Å². The lowest BCUT2D eigenvalue weighted by atomic mass is 9.87. The number of hydrogen-bond acceptors (Lipinski definition) is 1. The van der Waals surface area contributed by atoms with Crippen LogP contribution in [0.3, 0.4) is 0 Å². The Balaban J connectivity index is 3.23. The van der Waals surface area contributed by atoms with E-state index < -0.39 is 0 Å². The lowest BCUT2D eigenvalue weighted by molar-refractivity contribution is 0.588. The van der Waals surface area contributed by atoms with Crippen LogP contribution in [0.5, 0.6) is 0 Å². The molecule has 1 rings (SSSR count). The lowest BCUT2D eigenvalue weighted by Gasteiger charge is -2.19. The molecular formula is C10H13OP. The predicted octanol–water partition coefficient (Wildman–Crippen LogP) is 2.90. The summed E-state index contributed by atoms with van der Waals surface area (Å²) in [5, 5.41) is 0.894. The fourth-order valence-electron chi connectivity index (χ4n) is 1.19. The Morgan fingerprint density at radius 2 is 1.75 bits per heavy atom. The summed E-state index contributed by atoms with van der Waals surface area (Å²) in [7, 11) is 0.112. The summed E-state index contributed by atoms with van der Waals surface area (Å²) in [6.45, 7) is 6.37. The zero-order chi connectivity index (χ0) is 9.19. The third-order valence-electron chi connectivity index (χ3n) is 1.81.